The highest BCUT2D eigenvalue weighted by molar-refractivity contribution is 5.75. The highest BCUT2D eigenvalue weighted by Gasteiger charge is 2.19. The molecule has 1 fully saturated rings. The second kappa shape index (κ2) is 8.97. The average molecular weight is 352 g/mol. The number of rotatable bonds is 7. The minimum absolute atomic E-state index is 0.453. The van der Waals surface area contributed by atoms with Crippen LogP contribution in [0.5, 0.6) is 0 Å². The Morgan fingerprint density at radius 3 is 2.35 bits per heavy atom. The Morgan fingerprint density at radius 2 is 1.73 bits per heavy atom. The number of nitrogens with zero attached hydrogens (tertiary/aromatic N) is 1. The molecule has 3 rings (SSSR count). The van der Waals surface area contributed by atoms with Crippen LogP contribution in [0.3, 0.4) is 0 Å². The van der Waals surface area contributed by atoms with E-state index in [1.807, 2.05) is 24.3 Å². The Bertz CT molecular complexity index is 692. The summed E-state index contributed by atoms with van der Waals surface area (Å²) in [7, 11) is 0. The van der Waals surface area contributed by atoms with Crippen molar-refractivity contribution in [2.45, 2.75) is 44.8 Å². The molecule has 4 nitrogen and oxygen atoms in total. The molecule has 2 aromatic carbocycles. The minimum atomic E-state index is -0.780. The fourth-order valence-electron chi connectivity index (χ4n) is 3.47. The molecule has 2 N–H and O–H groups in total. The standard InChI is InChI=1S/C22H28N2O2/c1-17(22(25)26)20-9-7-18(8-10-20)15-23-21-11-13-24(14-12-21)16-19-5-3-2-4-6-19/h2-10,17,21,23H,11-16H2,1H3,(H,25,26). The van der Waals surface area contributed by atoms with Crippen molar-refractivity contribution < 1.29 is 9.90 Å². The van der Waals surface area contributed by atoms with E-state index in [0.29, 0.717) is 6.04 Å². The van der Waals surface area contributed by atoms with Crippen molar-refractivity contribution >= 4 is 5.97 Å². The number of carboxylic acids is 1. The third-order valence-electron chi connectivity index (χ3n) is 5.28. The summed E-state index contributed by atoms with van der Waals surface area (Å²) in [5, 5.41) is 12.7. The maximum Gasteiger partial charge on any atom is 0.310 e. The third-order valence-corrected chi connectivity index (χ3v) is 5.28. The summed E-state index contributed by atoms with van der Waals surface area (Å²) in [5.41, 5.74) is 3.45. The van der Waals surface area contributed by atoms with Crippen LogP contribution in [0.2, 0.25) is 0 Å². The van der Waals surface area contributed by atoms with Crippen LogP contribution in [0.4, 0.5) is 0 Å². The molecular formula is C22H28N2O2. The van der Waals surface area contributed by atoms with Gasteiger partial charge in [0.15, 0.2) is 0 Å². The summed E-state index contributed by atoms with van der Waals surface area (Å²) >= 11 is 0. The minimum Gasteiger partial charge on any atom is -0.481 e. The molecule has 0 aliphatic carbocycles. The topological polar surface area (TPSA) is 52.6 Å². The number of hydrogen-bond acceptors (Lipinski definition) is 3. The highest BCUT2D eigenvalue weighted by Crippen LogP contribution is 2.17. The second-order valence-electron chi connectivity index (χ2n) is 7.22. The number of piperidine rings is 1. The average Bonchev–Trinajstić information content (AvgIpc) is 2.68. The molecule has 26 heavy (non-hydrogen) atoms. The predicted molar refractivity (Wildman–Crippen MR) is 104 cm³/mol. The van der Waals surface area contributed by atoms with Gasteiger partial charge >= 0.3 is 5.97 Å². The number of aliphatic carboxylic acids is 1. The summed E-state index contributed by atoms with van der Waals surface area (Å²) in [6, 6.07) is 19.1. The number of hydrogen-bond donors (Lipinski definition) is 2. The lowest BCUT2D eigenvalue weighted by molar-refractivity contribution is -0.138. The predicted octanol–water partition coefficient (Wildman–Crippen LogP) is 3.63. The van der Waals surface area contributed by atoms with E-state index in [0.717, 1.165) is 31.7 Å². The summed E-state index contributed by atoms with van der Waals surface area (Å²) in [5.74, 6) is -1.23. The van der Waals surface area contributed by atoms with Crippen molar-refractivity contribution in [3.8, 4) is 0 Å². The van der Waals surface area contributed by atoms with E-state index < -0.39 is 11.9 Å². The Labute approximate surface area is 155 Å². The van der Waals surface area contributed by atoms with Crippen molar-refractivity contribution in [1.29, 1.82) is 0 Å². The number of nitrogens with one attached hydrogen (secondary N) is 1. The zero-order valence-electron chi connectivity index (χ0n) is 15.4. The lowest BCUT2D eigenvalue weighted by atomic mass is 9.99. The van der Waals surface area contributed by atoms with Crippen LogP contribution in [-0.2, 0) is 17.9 Å². The van der Waals surface area contributed by atoms with Gasteiger partial charge in [0, 0.05) is 19.1 Å². The molecule has 1 saturated heterocycles. The Kier molecular flexibility index (Phi) is 6.42. The van der Waals surface area contributed by atoms with Crippen molar-refractivity contribution in [2.75, 3.05) is 13.1 Å². The zero-order valence-corrected chi connectivity index (χ0v) is 15.4. The molecular weight excluding hydrogens is 324 g/mol. The van der Waals surface area contributed by atoms with Gasteiger partial charge in [-0.05, 0) is 49.5 Å². The first kappa shape index (κ1) is 18.6. The van der Waals surface area contributed by atoms with Crippen molar-refractivity contribution in [3.63, 3.8) is 0 Å². The second-order valence-corrected chi connectivity index (χ2v) is 7.22. The van der Waals surface area contributed by atoms with E-state index in [1.165, 1.54) is 24.0 Å². The summed E-state index contributed by atoms with van der Waals surface area (Å²) in [4.78, 5) is 13.6. The summed E-state index contributed by atoms with van der Waals surface area (Å²) in [6.07, 6.45) is 2.34. The first-order valence-electron chi connectivity index (χ1n) is 9.43. The molecule has 0 saturated carbocycles. The van der Waals surface area contributed by atoms with E-state index in [4.69, 9.17) is 5.11 Å². The van der Waals surface area contributed by atoms with Gasteiger partial charge in [-0.25, -0.2) is 0 Å². The summed E-state index contributed by atoms with van der Waals surface area (Å²) < 4.78 is 0. The number of carbonyl (C=O) groups is 1. The molecule has 2 aromatic rings. The van der Waals surface area contributed by atoms with E-state index in [9.17, 15) is 4.79 Å². The van der Waals surface area contributed by atoms with Crippen molar-refractivity contribution in [1.82, 2.24) is 10.2 Å². The normalized spacial score (nSPS) is 17.1. The molecule has 0 radical (unpaired) electrons. The molecule has 1 unspecified atom stereocenters. The van der Waals surface area contributed by atoms with Crippen LogP contribution in [-0.4, -0.2) is 35.1 Å². The largest absolute Gasteiger partial charge is 0.481 e. The van der Waals surface area contributed by atoms with Gasteiger partial charge in [-0.2, -0.15) is 0 Å². The van der Waals surface area contributed by atoms with Gasteiger partial charge in [-0.1, -0.05) is 54.6 Å². The molecule has 1 atom stereocenters. The maximum atomic E-state index is 11.0. The van der Waals surface area contributed by atoms with Gasteiger partial charge < -0.3 is 10.4 Å². The van der Waals surface area contributed by atoms with Crippen LogP contribution in [0, 0.1) is 0 Å². The molecule has 1 aliphatic heterocycles. The SMILES string of the molecule is CC(C(=O)O)c1ccc(CNC2CCN(Cc3ccccc3)CC2)cc1. The lowest BCUT2D eigenvalue weighted by Crippen LogP contribution is -2.41. The first-order chi connectivity index (χ1) is 12.6. The monoisotopic (exact) mass is 352 g/mol. The molecule has 0 aromatic heterocycles. The fourth-order valence-corrected chi connectivity index (χ4v) is 3.47. The summed E-state index contributed by atoms with van der Waals surface area (Å²) in [6.45, 7) is 5.85. The Hall–Kier alpha value is -2.17. The van der Waals surface area contributed by atoms with Gasteiger partial charge in [0.2, 0.25) is 0 Å². The van der Waals surface area contributed by atoms with Crippen LogP contribution in [0.15, 0.2) is 54.6 Å². The van der Waals surface area contributed by atoms with Gasteiger partial charge in [0.05, 0.1) is 5.92 Å². The molecule has 0 amide bonds. The lowest BCUT2D eigenvalue weighted by Gasteiger charge is -2.32. The van der Waals surface area contributed by atoms with Gasteiger partial charge in [0.25, 0.3) is 0 Å². The third kappa shape index (κ3) is 5.16. The molecule has 4 heteroatoms. The molecule has 1 heterocycles. The molecule has 0 spiro atoms. The van der Waals surface area contributed by atoms with Gasteiger partial charge in [0.1, 0.15) is 0 Å². The zero-order chi connectivity index (χ0) is 18.4. The van der Waals surface area contributed by atoms with Crippen LogP contribution in [0.25, 0.3) is 0 Å². The van der Waals surface area contributed by atoms with Crippen LogP contribution < -0.4 is 5.32 Å². The van der Waals surface area contributed by atoms with E-state index >= 15 is 0 Å². The highest BCUT2D eigenvalue weighted by atomic mass is 16.4. The number of likely N-dealkylation sites (tertiary alicyclic amines) is 1. The molecule has 0 bridgehead atoms. The van der Waals surface area contributed by atoms with Gasteiger partial charge in [-0.3, -0.25) is 9.69 Å². The van der Waals surface area contributed by atoms with Crippen molar-refractivity contribution in [3.05, 3.63) is 71.3 Å². The molecule has 138 valence electrons. The van der Waals surface area contributed by atoms with Gasteiger partial charge in [-0.15, -0.1) is 0 Å². The Balaban J connectivity index is 1.41. The van der Waals surface area contributed by atoms with Crippen LogP contribution >= 0.6 is 0 Å². The van der Waals surface area contributed by atoms with E-state index in [1.54, 1.807) is 6.92 Å². The fraction of sp³-hybridized carbons (Fsp3) is 0.409. The van der Waals surface area contributed by atoms with Crippen LogP contribution in [0.1, 0.15) is 42.4 Å². The Morgan fingerprint density at radius 1 is 1.08 bits per heavy atom. The van der Waals surface area contributed by atoms with Crippen molar-refractivity contribution in [2.24, 2.45) is 0 Å². The first-order valence-corrected chi connectivity index (χ1v) is 9.43. The maximum absolute atomic E-state index is 11.0. The number of carboxylic acid groups (broad SMARTS) is 1. The van der Waals surface area contributed by atoms with E-state index in [-0.39, 0.29) is 0 Å². The quantitative estimate of drug-likeness (QED) is 0.799. The van der Waals surface area contributed by atoms with E-state index in [2.05, 4.69) is 40.5 Å². The number of benzene rings is 2. The smallest absolute Gasteiger partial charge is 0.310 e. The molecule has 1 aliphatic rings.